The maximum absolute atomic E-state index is 12.3. The molecule has 0 saturated carbocycles. The van der Waals surface area contributed by atoms with Crippen molar-refractivity contribution in [2.75, 3.05) is 5.32 Å². The smallest absolute Gasteiger partial charge is 0.273 e. The van der Waals surface area contributed by atoms with E-state index in [4.69, 9.17) is 11.6 Å². The summed E-state index contributed by atoms with van der Waals surface area (Å²) in [7, 11) is 0. The molecule has 1 amide bonds. The van der Waals surface area contributed by atoms with Gasteiger partial charge in [-0.05, 0) is 43.7 Å². The van der Waals surface area contributed by atoms with Gasteiger partial charge in [0.25, 0.3) is 11.5 Å². The summed E-state index contributed by atoms with van der Waals surface area (Å²) in [6.45, 7) is 3.88. The fraction of sp³-hybridized carbons (Fsp3) is 0.111. The average Bonchev–Trinajstić information content (AvgIpc) is 2.93. The van der Waals surface area contributed by atoms with Crippen molar-refractivity contribution in [2.45, 2.75) is 13.8 Å². The Morgan fingerprint density at radius 3 is 2.38 bits per heavy atom. The quantitative estimate of drug-likeness (QED) is 0.763. The standard InChI is InChI=1S/C18H16ClN3O2/c1-11-3-6-13(7-4-11)22-17(23)10-16(21-22)18(24)20-15-8-5-12(2)9-14(15)19/h3-10,21H,1-2H3,(H,20,24). The molecule has 5 nitrogen and oxygen atoms in total. The van der Waals surface area contributed by atoms with E-state index in [1.54, 1.807) is 12.1 Å². The fourth-order valence-electron chi connectivity index (χ4n) is 2.31. The lowest BCUT2D eigenvalue weighted by atomic mass is 10.2. The van der Waals surface area contributed by atoms with Crippen molar-refractivity contribution in [1.29, 1.82) is 0 Å². The number of rotatable bonds is 3. The second-order valence-corrected chi connectivity index (χ2v) is 6.02. The maximum atomic E-state index is 12.3. The highest BCUT2D eigenvalue weighted by atomic mass is 35.5. The summed E-state index contributed by atoms with van der Waals surface area (Å²) < 4.78 is 1.32. The molecule has 1 aromatic heterocycles. The molecule has 0 saturated heterocycles. The number of H-pyrrole nitrogens is 1. The number of carbonyl (C=O) groups is 1. The van der Waals surface area contributed by atoms with Crippen molar-refractivity contribution in [2.24, 2.45) is 0 Å². The van der Waals surface area contributed by atoms with Crippen LogP contribution in [0.4, 0.5) is 5.69 Å². The van der Waals surface area contributed by atoms with E-state index in [1.165, 1.54) is 10.7 Å². The second-order valence-electron chi connectivity index (χ2n) is 5.62. The first kappa shape index (κ1) is 16.1. The number of hydrogen-bond acceptors (Lipinski definition) is 2. The Kier molecular flexibility index (Phi) is 4.27. The van der Waals surface area contributed by atoms with Gasteiger partial charge < -0.3 is 5.32 Å². The van der Waals surface area contributed by atoms with Crippen LogP contribution in [0.3, 0.4) is 0 Å². The van der Waals surface area contributed by atoms with Crippen molar-refractivity contribution >= 4 is 23.2 Å². The maximum Gasteiger partial charge on any atom is 0.273 e. The van der Waals surface area contributed by atoms with Crippen molar-refractivity contribution in [3.63, 3.8) is 0 Å². The minimum Gasteiger partial charge on any atom is -0.319 e. The number of benzene rings is 2. The van der Waals surface area contributed by atoms with E-state index in [1.807, 2.05) is 44.2 Å². The predicted molar refractivity (Wildman–Crippen MR) is 95.3 cm³/mol. The highest BCUT2D eigenvalue weighted by Gasteiger charge is 2.13. The van der Waals surface area contributed by atoms with Gasteiger partial charge >= 0.3 is 0 Å². The van der Waals surface area contributed by atoms with Gasteiger partial charge in [0.15, 0.2) is 0 Å². The molecule has 0 fully saturated rings. The minimum atomic E-state index is -0.427. The van der Waals surface area contributed by atoms with Crippen molar-refractivity contribution < 1.29 is 4.79 Å². The molecule has 0 aliphatic rings. The molecular formula is C18H16ClN3O2. The Bertz CT molecular complexity index is 955. The highest BCUT2D eigenvalue weighted by Crippen LogP contribution is 2.23. The van der Waals surface area contributed by atoms with E-state index in [-0.39, 0.29) is 11.3 Å². The van der Waals surface area contributed by atoms with Gasteiger partial charge in [0.1, 0.15) is 5.69 Å². The summed E-state index contributed by atoms with van der Waals surface area (Å²) in [5, 5.41) is 5.97. The monoisotopic (exact) mass is 341 g/mol. The molecule has 0 radical (unpaired) electrons. The summed E-state index contributed by atoms with van der Waals surface area (Å²) in [4.78, 5) is 24.5. The fourth-order valence-corrected chi connectivity index (χ4v) is 2.59. The Morgan fingerprint density at radius 1 is 1.04 bits per heavy atom. The largest absolute Gasteiger partial charge is 0.319 e. The van der Waals surface area contributed by atoms with E-state index in [0.29, 0.717) is 16.4 Å². The Morgan fingerprint density at radius 2 is 1.71 bits per heavy atom. The number of nitrogens with one attached hydrogen (secondary N) is 2. The summed E-state index contributed by atoms with van der Waals surface area (Å²) in [5.74, 6) is -0.427. The third kappa shape index (κ3) is 3.26. The SMILES string of the molecule is Cc1ccc(-n2[nH]c(C(=O)Nc3ccc(C)cc3Cl)cc2=O)cc1. The Labute approximate surface area is 143 Å². The van der Waals surface area contributed by atoms with Crippen LogP contribution in [-0.2, 0) is 0 Å². The summed E-state index contributed by atoms with van der Waals surface area (Å²) in [6, 6.07) is 14.0. The lowest BCUT2D eigenvalue weighted by molar-refractivity contribution is 0.102. The molecule has 0 atom stereocenters. The van der Waals surface area contributed by atoms with E-state index in [0.717, 1.165) is 11.1 Å². The molecule has 0 bridgehead atoms. The van der Waals surface area contributed by atoms with Crippen LogP contribution in [0.2, 0.25) is 5.02 Å². The number of amides is 1. The summed E-state index contributed by atoms with van der Waals surface area (Å²) in [6.07, 6.45) is 0. The van der Waals surface area contributed by atoms with Crippen LogP contribution in [0.5, 0.6) is 0 Å². The van der Waals surface area contributed by atoms with Crippen LogP contribution < -0.4 is 10.9 Å². The van der Waals surface area contributed by atoms with E-state index in [2.05, 4.69) is 10.4 Å². The van der Waals surface area contributed by atoms with Gasteiger partial charge in [-0.15, -0.1) is 0 Å². The van der Waals surface area contributed by atoms with Gasteiger partial charge in [0, 0.05) is 6.07 Å². The molecule has 2 aromatic carbocycles. The molecule has 0 aliphatic heterocycles. The number of aryl methyl sites for hydroxylation is 2. The van der Waals surface area contributed by atoms with Crippen molar-refractivity contribution in [1.82, 2.24) is 9.78 Å². The van der Waals surface area contributed by atoms with Crippen LogP contribution in [0.15, 0.2) is 53.3 Å². The molecule has 0 aliphatic carbocycles. The molecule has 0 spiro atoms. The first-order chi connectivity index (χ1) is 11.4. The van der Waals surface area contributed by atoms with E-state index in [9.17, 15) is 9.59 Å². The first-order valence-corrected chi connectivity index (χ1v) is 7.78. The predicted octanol–water partition coefficient (Wildman–Crippen LogP) is 3.69. The summed E-state index contributed by atoms with van der Waals surface area (Å²) in [5.41, 5.74) is 3.10. The van der Waals surface area contributed by atoms with Crippen LogP contribution in [0, 0.1) is 13.8 Å². The molecular weight excluding hydrogens is 326 g/mol. The first-order valence-electron chi connectivity index (χ1n) is 7.40. The number of anilines is 1. The lowest BCUT2D eigenvalue weighted by Crippen LogP contribution is -2.14. The number of nitrogens with zero attached hydrogens (tertiary/aromatic N) is 1. The number of carbonyl (C=O) groups excluding carboxylic acids is 1. The molecule has 3 aromatic rings. The molecule has 0 unspecified atom stereocenters. The van der Waals surface area contributed by atoms with Gasteiger partial charge in [0.2, 0.25) is 0 Å². The van der Waals surface area contributed by atoms with Gasteiger partial charge in [-0.25, -0.2) is 4.68 Å². The van der Waals surface area contributed by atoms with Crippen LogP contribution in [-0.4, -0.2) is 15.7 Å². The third-order valence-corrected chi connectivity index (χ3v) is 3.94. The number of aromatic amines is 1. The lowest BCUT2D eigenvalue weighted by Gasteiger charge is -2.07. The van der Waals surface area contributed by atoms with Gasteiger partial charge in [-0.3, -0.25) is 14.7 Å². The third-order valence-electron chi connectivity index (χ3n) is 3.63. The zero-order valence-electron chi connectivity index (χ0n) is 13.3. The topological polar surface area (TPSA) is 66.9 Å². The molecule has 6 heteroatoms. The van der Waals surface area contributed by atoms with E-state index >= 15 is 0 Å². The van der Waals surface area contributed by atoms with Crippen LogP contribution >= 0.6 is 11.6 Å². The van der Waals surface area contributed by atoms with Gasteiger partial charge in [0.05, 0.1) is 16.4 Å². The number of hydrogen-bond donors (Lipinski definition) is 2. The van der Waals surface area contributed by atoms with Crippen LogP contribution in [0.1, 0.15) is 21.6 Å². The zero-order valence-corrected chi connectivity index (χ0v) is 14.0. The summed E-state index contributed by atoms with van der Waals surface area (Å²) >= 11 is 6.12. The minimum absolute atomic E-state index is 0.164. The molecule has 24 heavy (non-hydrogen) atoms. The van der Waals surface area contributed by atoms with E-state index < -0.39 is 5.91 Å². The molecule has 1 heterocycles. The van der Waals surface area contributed by atoms with Crippen molar-refractivity contribution in [3.05, 3.63) is 80.7 Å². The normalized spacial score (nSPS) is 10.6. The molecule has 2 N–H and O–H groups in total. The molecule has 122 valence electrons. The number of halogens is 1. The van der Waals surface area contributed by atoms with Gasteiger partial charge in [-0.2, -0.15) is 0 Å². The Hall–Kier alpha value is -2.79. The van der Waals surface area contributed by atoms with Crippen molar-refractivity contribution in [3.8, 4) is 5.69 Å². The number of aromatic nitrogens is 2. The zero-order chi connectivity index (χ0) is 17.3. The second kappa shape index (κ2) is 6.37. The Balaban J connectivity index is 1.87. The average molecular weight is 342 g/mol. The highest BCUT2D eigenvalue weighted by molar-refractivity contribution is 6.34. The molecule has 3 rings (SSSR count). The van der Waals surface area contributed by atoms with Gasteiger partial charge in [-0.1, -0.05) is 35.4 Å². The van der Waals surface area contributed by atoms with Crippen LogP contribution in [0.25, 0.3) is 5.69 Å².